The summed E-state index contributed by atoms with van der Waals surface area (Å²) >= 11 is 0. The summed E-state index contributed by atoms with van der Waals surface area (Å²) in [7, 11) is 0. The maximum absolute atomic E-state index is 2.30. The third-order valence-electron chi connectivity index (χ3n) is 7.02. The Bertz CT molecular complexity index is 283. The van der Waals surface area contributed by atoms with E-state index in [0.29, 0.717) is 0 Å². The smallest absolute Gasteiger partial charge is 0.0789 e. The minimum atomic E-state index is 0. The van der Waals surface area contributed by atoms with Crippen molar-refractivity contribution < 1.29 is 21.5 Å². The van der Waals surface area contributed by atoms with Gasteiger partial charge in [0, 0.05) is 0 Å². The first-order valence-electron chi connectivity index (χ1n) is 11.7. The highest BCUT2D eigenvalue weighted by molar-refractivity contribution is 4.71. The molecule has 1 nitrogen and oxygen atoms in total. The normalized spacial score (nSPS) is 25.1. The lowest BCUT2D eigenvalue weighted by Crippen LogP contribution is -3.00. The lowest BCUT2D eigenvalue weighted by Gasteiger charge is -2.49. The molecule has 0 unspecified atom stereocenters. The maximum Gasteiger partial charge on any atom is 0.0789 e. The molecule has 3 saturated heterocycles. The number of piperidine rings is 3. The standard InChI is InChI=1S/C23H46N.BrH/c1-2-3-4-5-6-7-8-9-10-11-12-13-14-15-19-24-20-16-23(17-21-24)18-22-24;/h23H,2-22H2,1H3;1H/q+1;/p-1. The zero-order chi connectivity index (χ0) is 16.9. The molecular formula is C23H46BrN. The Balaban J connectivity index is 0.00000312. The number of fused-ring (bicyclic) bond motifs is 3. The van der Waals surface area contributed by atoms with Gasteiger partial charge in [0.2, 0.25) is 0 Å². The minimum absolute atomic E-state index is 0. The molecule has 150 valence electrons. The molecule has 0 spiro atoms. The van der Waals surface area contributed by atoms with Gasteiger partial charge >= 0.3 is 0 Å². The molecule has 0 aromatic carbocycles. The van der Waals surface area contributed by atoms with Crippen LogP contribution in [0.15, 0.2) is 0 Å². The summed E-state index contributed by atoms with van der Waals surface area (Å²) in [5.74, 6) is 1.11. The molecule has 25 heavy (non-hydrogen) atoms. The second-order valence-electron chi connectivity index (χ2n) is 9.06. The average molecular weight is 417 g/mol. The van der Waals surface area contributed by atoms with Crippen LogP contribution in [0.4, 0.5) is 0 Å². The van der Waals surface area contributed by atoms with Gasteiger partial charge in [0.1, 0.15) is 0 Å². The first kappa shape index (κ1) is 23.5. The monoisotopic (exact) mass is 415 g/mol. The van der Waals surface area contributed by atoms with E-state index in [1.165, 1.54) is 121 Å². The molecule has 3 fully saturated rings. The Morgan fingerprint density at radius 2 is 0.920 bits per heavy atom. The largest absolute Gasteiger partial charge is 1.00 e. The molecule has 2 heteroatoms. The lowest BCUT2D eigenvalue weighted by atomic mass is 9.85. The molecule has 0 amide bonds. The SMILES string of the molecule is CCCCCCCCCCCCCCCC[N+]12CCC(CC1)CC2.[Br-]. The van der Waals surface area contributed by atoms with E-state index in [1.807, 2.05) is 0 Å². The van der Waals surface area contributed by atoms with Crippen LogP contribution in [0.2, 0.25) is 0 Å². The zero-order valence-electron chi connectivity index (χ0n) is 17.3. The lowest BCUT2D eigenvalue weighted by molar-refractivity contribution is -0.942. The Hall–Kier alpha value is 0.440. The van der Waals surface area contributed by atoms with E-state index in [-0.39, 0.29) is 17.0 Å². The molecule has 0 radical (unpaired) electrons. The molecule has 3 rings (SSSR count). The van der Waals surface area contributed by atoms with E-state index in [0.717, 1.165) is 5.92 Å². The molecule has 3 heterocycles. The summed E-state index contributed by atoms with van der Waals surface area (Å²) in [5, 5.41) is 0. The van der Waals surface area contributed by atoms with Gasteiger partial charge in [-0.2, -0.15) is 0 Å². The van der Waals surface area contributed by atoms with Crippen molar-refractivity contribution >= 4 is 0 Å². The van der Waals surface area contributed by atoms with Crippen LogP contribution < -0.4 is 17.0 Å². The molecule has 0 aromatic heterocycles. The molecule has 3 aliphatic heterocycles. The highest BCUT2D eigenvalue weighted by Crippen LogP contribution is 2.33. The Morgan fingerprint density at radius 1 is 0.560 bits per heavy atom. The van der Waals surface area contributed by atoms with Crippen molar-refractivity contribution in [3.05, 3.63) is 0 Å². The number of hydrogen-bond donors (Lipinski definition) is 0. The van der Waals surface area contributed by atoms with Crippen LogP contribution >= 0.6 is 0 Å². The third-order valence-corrected chi connectivity index (χ3v) is 7.02. The summed E-state index contributed by atoms with van der Waals surface area (Å²) in [6, 6.07) is 0. The van der Waals surface area contributed by atoms with Gasteiger partial charge in [-0.25, -0.2) is 0 Å². The second kappa shape index (κ2) is 14.5. The van der Waals surface area contributed by atoms with Crippen molar-refractivity contribution in [1.82, 2.24) is 0 Å². The molecule has 0 N–H and O–H groups in total. The van der Waals surface area contributed by atoms with Crippen LogP contribution in [0.1, 0.15) is 116 Å². The average Bonchev–Trinajstić information content (AvgIpc) is 2.63. The maximum atomic E-state index is 2.30. The Kier molecular flexibility index (Phi) is 13.6. The summed E-state index contributed by atoms with van der Waals surface area (Å²) in [6.45, 7) is 8.36. The number of halogens is 1. The van der Waals surface area contributed by atoms with E-state index in [9.17, 15) is 0 Å². The predicted octanol–water partition coefficient (Wildman–Crippen LogP) is 4.10. The van der Waals surface area contributed by atoms with E-state index in [1.54, 1.807) is 19.3 Å². The van der Waals surface area contributed by atoms with Gasteiger partial charge < -0.3 is 21.5 Å². The van der Waals surface area contributed by atoms with Crippen molar-refractivity contribution in [2.24, 2.45) is 5.92 Å². The van der Waals surface area contributed by atoms with E-state index < -0.39 is 0 Å². The topological polar surface area (TPSA) is 0 Å². The molecule has 0 saturated carbocycles. The van der Waals surface area contributed by atoms with E-state index >= 15 is 0 Å². The van der Waals surface area contributed by atoms with Crippen molar-refractivity contribution in [2.75, 3.05) is 26.2 Å². The van der Waals surface area contributed by atoms with Gasteiger partial charge in [0.15, 0.2) is 0 Å². The fraction of sp³-hybridized carbons (Fsp3) is 1.00. The van der Waals surface area contributed by atoms with Crippen LogP contribution in [0, 0.1) is 5.92 Å². The highest BCUT2D eigenvalue weighted by atomic mass is 79.9. The summed E-state index contributed by atoms with van der Waals surface area (Å²) in [4.78, 5) is 0. The first-order chi connectivity index (χ1) is 11.8. The number of nitrogens with zero attached hydrogens (tertiary/aromatic N) is 1. The third kappa shape index (κ3) is 9.80. The van der Waals surface area contributed by atoms with E-state index in [2.05, 4.69) is 6.92 Å². The molecule has 2 bridgehead atoms. The Labute approximate surface area is 169 Å². The van der Waals surface area contributed by atoms with Crippen LogP contribution in [-0.4, -0.2) is 30.7 Å². The van der Waals surface area contributed by atoms with Crippen LogP contribution in [0.25, 0.3) is 0 Å². The fourth-order valence-corrected chi connectivity index (χ4v) is 5.11. The fourth-order valence-electron chi connectivity index (χ4n) is 5.11. The molecule has 3 aliphatic rings. The van der Waals surface area contributed by atoms with Crippen molar-refractivity contribution in [2.45, 2.75) is 116 Å². The number of hydrogen-bond acceptors (Lipinski definition) is 0. The minimum Gasteiger partial charge on any atom is -1.00 e. The summed E-state index contributed by atoms with van der Waals surface area (Å²) < 4.78 is 1.51. The van der Waals surface area contributed by atoms with E-state index in [4.69, 9.17) is 0 Å². The van der Waals surface area contributed by atoms with Gasteiger partial charge in [0.25, 0.3) is 0 Å². The van der Waals surface area contributed by atoms with Crippen molar-refractivity contribution in [1.29, 1.82) is 0 Å². The summed E-state index contributed by atoms with van der Waals surface area (Å²) in [5.41, 5.74) is 0. The van der Waals surface area contributed by atoms with Gasteiger partial charge in [-0.1, -0.05) is 84.0 Å². The van der Waals surface area contributed by atoms with Crippen molar-refractivity contribution in [3.63, 3.8) is 0 Å². The van der Waals surface area contributed by atoms with Gasteiger partial charge in [0.05, 0.1) is 26.2 Å². The van der Waals surface area contributed by atoms with Gasteiger partial charge in [-0.05, 0) is 38.0 Å². The number of rotatable bonds is 15. The molecular weight excluding hydrogens is 370 g/mol. The summed E-state index contributed by atoms with van der Waals surface area (Å²) in [6.07, 6.45) is 25.4. The molecule has 0 atom stereocenters. The highest BCUT2D eigenvalue weighted by Gasteiger charge is 2.38. The van der Waals surface area contributed by atoms with Crippen molar-refractivity contribution in [3.8, 4) is 0 Å². The quantitative estimate of drug-likeness (QED) is 0.279. The van der Waals surface area contributed by atoms with Gasteiger partial charge in [-0.3, -0.25) is 0 Å². The second-order valence-corrected chi connectivity index (χ2v) is 9.06. The van der Waals surface area contributed by atoms with Crippen LogP contribution in [0.5, 0.6) is 0 Å². The number of unbranched alkanes of at least 4 members (excludes halogenated alkanes) is 13. The van der Waals surface area contributed by atoms with Gasteiger partial charge in [-0.15, -0.1) is 0 Å². The first-order valence-corrected chi connectivity index (χ1v) is 11.7. The van der Waals surface area contributed by atoms with Crippen LogP contribution in [0.3, 0.4) is 0 Å². The molecule has 0 aliphatic carbocycles. The number of quaternary nitrogens is 1. The predicted molar refractivity (Wildman–Crippen MR) is 107 cm³/mol. The zero-order valence-corrected chi connectivity index (χ0v) is 18.8. The Morgan fingerprint density at radius 3 is 1.32 bits per heavy atom. The van der Waals surface area contributed by atoms with Crippen LogP contribution in [-0.2, 0) is 0 Å². The molecule has 0 aromatic rings.